The SMILES string of the molecule is CONC(O)c1cc2occc2[nH]1. The van der Waals surface area contributed by atoms with E-state index >= 15 is 0 Å². The smallest absolute Gasteiger partial charge is 0.167 e. The van der Waals surface area contributed by atoms with Crippen molar-refractivity contribution in [2.24, 2.45) is 0 Å². The van der Waals surface area contributed by atoms with Crippen LogP contribution in [0.25, 0.3) is 11.1 Å². The lowest BCUT2D eigenvalue weighted by atomic mass is 10.4. The molecule has 5 nitrogen and oxygen atoms in total. The van der Waals surface area contributed by atoms with Crippen molar-refractivity contribution in [2.75, 3.05) is 7.11 Å². The Morgan fingerprint density at radius 2 is 2.54 bits per heavy atom. The summed E-state index contributed by atoms with van der Waals surface area (Å²) in [6.45, 7) is 0. The molecule has 2 heterocycles. The molecule has 0 aliphatic rings. The van der Waals surface area contributed by atoms with Gasteiger partial charge in [0.05, 0.1) is 24.6 Å². The second-order valence-corrected chi connectivity index (χ2v) is 2.65. The molecule has 2 aromatic rings. The van der Waals surface area contributed by atoms with Crippen LogP contribution in [0.1, 0.15) is 11.9 Å². The fourth-order valence-corrected chi connectivity index (χ4v) is 1.19. The quantitative estimate of drug-likeness (QED) is 0.487. The molecule has 0 radical (unpaired) electrons. The summed E-state index contributed by atoms with van der Waals surface area (Å²) in [6, 6.07) is 3.50. The zero-order chi connectivity index (χ0) is 9.26. The van der Waals surface area contributed by atoms with Gasteiger partial charge in [0, 0.05) is 12.1 Å². The number of H-pyrrole nitrogens is 1. The Hall–Kier alpha value is -1.30. The summed E-state index contributed by atoms with van der Waals surface area (Å²) in [5, 5.41) is 9.43. The standard InChI is InChI=1S/C8H10N2O3/c1-12-10-8(11)6-4-7-5(9-6)2-3-13-7/h2-4,8-11H,1H3. The van der Waals surface area contributed by atoms with Crippen molar-refractivity contribution in [3.63, 3.8) is 0 Å². The fraction of sp³-hybridized carbons (Fsp3) is 0.250. The normalized spacial score (nSPS) is 13.7. The van der Waals surface area contributed by atoms with E-state index in [1.165, 1.54) is 7.11 Å². The number of aromatic amines is 1. The molecule has 0 saturated heterocycles. The number of rotatable bonds is 3. The first-order chi connectivity index (χ1) is 6.31. The molecule has 3 N–H and O–H groups in total. The molecule has 70 valence electrons. The highest BCUT2D eigenvalue weighted by Gasteiger charge is 2.10. The van der Waals surface area contributed by atoms with Gasteiger partial charge in [0.2, 0.25) is 0 Å². The third-order valence-electron chi connectivity index (χ3n) is 1.78. The maximum atomic E-state index is 9.43. The van der Waals surface area contributed by atoms with Crippen molar-refractivity contribution in [3.05, 3.63) is 24.1 Å². The maximum Gasteiger partial charge on any atom is 0.167 e. The highest BCUT2D eigenvalue weighted by Crippen LogP contribution is 2.19. The van der Waals surface area contributed by atoms with Crippen LogP contribution < -0.4 is 5.48 Å². The molecule has 2 aromatic heterocycles. The van der Waals surface area contributed by atoms with Gasteiger partial charge >= 0.3 is 0 Å². The largest absolute Gasteiger partial charge is 0.463 e. The predicted molar refractivity (Wildman–Crippen MR) is 45.7 cm³/mol. The minimum absolute atomic E-state index is 0.608. The lowest BCUT2D eigenvalue weighted by Gasteiger charge is -2.07. The third-order valence-corrected chi connectivity index (χ3v) is 1.78. The number of hydroxylamine groups is 1. The Labute approximate surface area is 74.3 Å². The monoisotopic (exact) mass is 182 g/mol. The molecule has 5 heteroatoms. The van der Waals surface area contributed by atoms with E-state index in [1.54, 1.807) is 18.4 Å². The minimum atomic E-state index is -0.868. The molecule has 1 atom stereocenters. The number of hydrogen-bond acceptors (Lipinski definition) is 4. The Bertz CT molecular complexity index is 364. The minimum Gasteiger partial charge on any atom is -0.463 e. The molecule has 0 aliphatic heterocycles. The van der Waals surface area contributed by atoms with Crippen LogP contribution in [0.15, 0.2) is 22.8 Å². The van der Waals surface area contributed by atoms with E-state index in [2.05, 4.69) is 15.3 Å². The Balaban J connectivity index is 2.28. The fourth-order valence-electron chi connectivity index (χ4n) is 1.19. The lowest BCUT2D eigenvalue weighted by molar-refractivity contribution is -0.0337. The van der Waals surface area contributed by atoms with Crippen LogP contribution >= 0.6 is 0 Å². The van der Waals surface area contributed by atoms with Gasteiger partial charge < -0.3 is 19.3 Å². The molecule has 1 unspecified atom stereocenters. The average Bonchev–Trinajstić information content (AvgIpc) is 2.61. The second-order valence-electron chi connectivity index (χ2n) is 2.65. The van der Waals surface area contributed by atoms with Crippen LogP contribution in [0.3, 0.4) is 0 Å². The summed E-state index contributed by atoms with van der Waals surface area (Å²) in [4.78, 5) is 7.55. The van der Waals surface area contributed by atoms with Crippen LogP contribution in [-0.4, -0.2) is 17.2 Å². The summed E-state index contributed by atoms with van der Waals surface area (Å²) in [6.07, 6.45) is 0.716. The molecule has 13 heavy (non-hydrogen) atoms. The third kappa shape index (κ3) is 1.44. The number of aliphatic hydroxyl groups excluding tert-OH is 1. The van der Waals surface area contributed by atoms with Crippen molar-refractivity contribution >= 4 is 11.1 Å². The molecular weight excluding hydrogens is 172 g/mol. The molecule has 2 rings (SSSR count). The number of aliphatic hydroxyl groups is 1. The van der Waals surface area contributed by atoms with Gasteiger partial charge in [0.15, 0.2) is 11.8 Å². The molecular formula is C8H10N2O3. The van der Waals surface area contributed by atoms with Gasteiger partial charge in [-0.25, -0.2) is 0 Å². The highest BCUT2D eigenvalue weighted by atomic mass is 16.7. The van der Waals surface area contributed by atoms with E-state index in [1.807, 2.05) is 0 Å². The first kappa shape index (κ1) is 8.31. The predicted octanol–water partition coefficient (Wildman–Crippen LogP) is 0.903. The first-order valence-electron chi connectivity index (χ1n) is 3.84. The van der Waals surface area contributed by atoms with Gasteiger partial charge in [-0.3, -0.25) is 0 Å². The number of furan rings is 1. The Morgan fingerprint density at radius 1 is 1.69 bits per heavy atom. The molecule has 0 amide bonds. The van der Waals surface area contributed by atoms with E-state index in [0.717, 1.165) is 5.52 Å². The molecule has 0 aliphatic carbocycles. The topological polar surface area (TPSA) is 70.4 Å². The second kappa shape index (κ2) is 3.21. The van der Waals surface area contributed by atoms with E-state index in [-0.39, 0.29) is 0 Å². The average molecular weight is 182 g/mol. The van der Waals surface area contributed by atoms with Crippen molar-refractivity contribution in [3.8, 4) is 0 Å². The van der Waals surface area contributed by atoms with E-state index < -0.39 is 6.23 Å². The van der Waals surface area contributed by atoms with Gasteiger partial charge in [0.25, 0.3) is 0 Å². The van der Waals surface area contributed by atoms with Gasteiger partial charge in [-0.05, 0) is 0 Å². The summed E-state index contributed by atoms with van der Waals surface area (Å²) in [5.41, 5.74) is 4.57. The van der Waals surface area contributed by atoms with E-state index in [0.29, 0.717) is 11.3 Å². The van der Waals surface area contributed by atoms with Crippen LogP contribution in [0.5, 0.6) is 0 Å². The van der Waals surface area contributed by atoms with Gasteiger partial charge in [-0.2, -0.15) is 5.48 Å². The zero-order valence-electron chi connectivity index (χ0n) is 7.07. The van der Waals surface area contributed by atoms with Crippen molar-refractivity contribution in [2.45, 2.75) is 6.23 Å². The molecule has 0 fully saturated rings. The van der Waals surface area contributed by atoms with E-state index in [9.17, 15) is 5.11 Å². The zero-order valence-corrected chi connectivity index (χ0v) is 7.07. The van der Waals surface area contributed by atoms with Crippen LogP contribution in [-0.2, 0) is 4.84 Å². The molecule has 0 saturated carbocycles. The summed E-state index contributed by atoms with van der Waals surface area (Å²) >= 11 is 0. The summed E-state index contributed by atoms with van der Waals surface area (Å²) in [7, 11) is 1.44. The Morgan fingerprint density at radius 3 is 3.23 bits per heavy atom. The van der Waals surface area contributed by atoms with Gasteiger partial charge in [-0.1, -0.05) is 0 Å². The molecule has 0 spiro atoms. The van der Waals surface area contributed by atoms with E-state index in [4.69, 9.17) is 4.42 Å². The first-order valence-corrected chi connectivity index (χ1v) is 3.84. The van der Waals surface area contributed by atoms with Crippen LogP contribution in [0.4, 0.5) is 0 Å². The van der Waals surface area contributed by atoms with Crippen LogP contribution in [0, 0.1) is 0 Å². The van der Waals surface area contributed by atoms with Crippen molar-refractivity contribution in [1.29, 1.82) is 0 Å². The number of hydrogen-bond donors (Lipinski definition) is 3. The molecule has 0 bridgehead atoms. The van der Waals surface area contributed by atoms with Crippen molar-refractivity contribution < 1.29 is 14.4 Å². The van der Waals surface area contributed by atoms with Gasteiger partial charge in [-0.15, -0.1) is 0 Å². The van der Waals surface area contributed by atoms with Crippen molar-refractivity contribution in [1.82, 2.24) is 10.5 Å². The lowest BCUT2D eigenvalue weighted by Crippen LogP contribution is -2.19. The summed E-state index contributed by atoms with van der Waals surface area (Å²) < 4.78 is 5.12. The highest BCUT2D eigenvalue weighted by molar-refractivity contribution is 5.74. The number of aromatic nitrogens is 1. The Kier molecular flexibility index (Phi) is 2.05. The number of fused-ring (bicyclic) bond motifs is 1. The van der Waals surface area contributed by atoms with Gasteiger partial charge in [0.1, 0.15) is 0 Å². The molecule has 0 aromatic carbocycles. The summed E-state index contributed by atoms with van der Waals surface area (Å²) in [5.74, 6) is 0. The maximum absolute atomic E-state index is 9.43. The van der Waals surface area contributed by atoms with Crippen LogP contribution in [0.2, 0.25) is 0 Å². The number of nitrogens with one attached hydrogen (secondary N) is 2.